The van der Waals surface area contributed by atoms with Crippen LogP contribution in [0.2, 0.25) is 0 Å². The van der Waals surface area contributed by atoms with Crippen LogP contribution < -0.4 is 5.63 Å². The molecule has 0 amide bonds. The van der Waals surface area contributed by atoms with Crippen LogP contribution in [0.25, 0.3) is 11.0 Å². The van der Waals surface area contributed by atoms with Crippen molar-refractivity contribution >= 4 is 16.8 Å². The van der Waals surface area contributed by atoms with E-state index in [1.807, 2.05) is 6.07 Å². The van der Waals surface area contributed by atoms with Crippen molar-refractivity contribution in [1.29, 1.82) is 5.26 Å². The van der Waals surface area contributed by atoms with E-state index in [1.165, 1.54) is 6.92 Å². The highest BCUT2D eigenvalue weighted by atomic mass is 16.4. The molecule has 0 radical (unpaired) electrons. The zero-order chi connectivity index (χ0) is 18.0. The van der Waals surface area contributed by atoms with Crippen molar-refractivity contribution in [2.75, 3.05) is 0 Å². The van der Waals surface area contributed by atoms with Gasteiger partial charge in [0.25, 0.3) is 0 Å². The van der Waals surface area contributed by atoms with Crippen molar-refractivity contribution in [3.63, 3.8) is 0 Å². The summed E-state index contributed by atoms with van der Waals surface area (Å²) in [6, 6.07) is 15.3. The number of nitrogens with zero attached hydrogens (tertiary/aromatic N) is 1. The number of carbonyl (C=O) groups is 1. The van der Waals surface area contributed by atoms with E-state index >= 15 is 0 Å². The van der Waals surface area contributed by atoms with E-state index in [-0.39, 0.29) is 29.1 Å². The minimum absolute atomic E-state index is 0.0442. The van der Waals surface area contributed by atoms with Gasteiger partial charge in [0.1, 0.15) is 17.1 Å². The highest BCUT2D eigenvalue weighted by Gasteiger charge is 2.25. The Labute approximate surface area is 143 Å². The number of hydrogen-bond donors (Lipinski definition) is 1. The Balaban J connectivity index is 2.23. The summed E-state index contributed by atoms with van der Waals surface area (Å²) in [5.74, 6) is -0.949. The van der Waals surface area contributed by atoms with Crippen LogP contribution in [0, 0.1) is 11.3 Å². The Morgan fingerprint density at radius 2 is 1.88 bits per heavy atom. The number of fused-ring (bicyclic) bond motifs is 1. The van der Waals surface area contributed by atoms with Crippen LogP contribution in [0.4, 0.5) is 0 Å². The van der Waals surface area contributed by atoms with E-state index in [0.717, 1.165) is 0 Å². The Kier molecular flexibility index (Phi) is 4.36. The molecule has 0 bridgehead atoms. The largest absolute Gasteiger partial charge is 0.507 e. The molecule has 1 aromatic heterocycles. The second-order valence-corrected chi connectivity index (χ2v) is 5.84. The van der Waals surface area contributed by atoms with Gasteiger partial charge in [-0.3, -0.25) is 4.79 Å². The molecule has 25 heavy (non-hydrogen) atoms. The molecule has 1 heterocycles. The fourth-order valence-electron chi connectivity index (χ4n) is 2.92. The van der Waals surface area contributed by atoms with Gasteiger partial charge in [-0.1, -0.05) is 24.3 Å². The number of carbonyl (C=O) groups excluding carboxylic acids is 1. The predicted octanol–water partition coefficient (Wildman–Crippen LogP) is 3.48. The maximum absolute atomic E-state index is 12.5. The summed E-state index contributed by atoms with van der Waals surface area (Å²) in [6.45, 7) is 1.43. The number of Topliss-reactive ketones (excluding diaryl/α,β-unsaturated/α-hetero) is 1. The van der Waals surface area contributed by atoms with E-state index in [4.69, 9.17) is 9.68 Å². The van der Waals surface area contributed by atoms with Gasteiger partial charge in [0.2, 0.25) is 0 Å². The first-order chi connectivity index (χ1) is 12.0. The normalized spacial score (nSPS) is 11.8. The van der Waals surface area contributed by atoms with Gasteiger partial charge >= 0.3 is 5.63 Å². The van der Waals surface area contributed by atoms with Gasteiger partial charge in [-0.25, -0.2) is 4.79 Å². The number of ketones is 1. The molecular formula is C20H15NO4. The maximum atomic E-state index is 12.5. The van der Waals surface area contributed by atoms with E-state index in [0.29, 0.717) is 16.5 Å². The second-order valence-electron chi connectivity index (χ2n) is 5.84. The molecule has 1 N–H and O–H groups in total. The topological polar surface area (TPSA) is 91.3 Å². The zero-order valence-electron chi connectivity index (χ0n) is 13.5. The summed E-state index contributed by atoms with van der Waals surface area (Å²) in [5, 5.41) is 20.0. The fraction of sp³-hybridized carbons (Fsp3) is 0.150. The van der Waals surface area contributed by atoms with Crippen LogP contribution in [0.15, 0.2) is 57.7 Å². The molecule has 0 aliphatic carbocycles. The van der Waals surface area contributed by atoms with Crippen LogP contribution in [0.5, 0.6) is 5.75 Å². The lowest BCUT2D eigenvalue weighted by atomic mass is 9.86. The molecule has 3 rings (SSSR count). The van der Waals surface area contributed by atoms with Crippen molar-refractivity contribution in [2.24, 2.45) is 0 Å². The third-order valence-corrected chi connectivity index (χ3v) is 4.10. The maximum Gasteiger partial charge on any atom is 0.343 e. The quantitative estimate of drug-likeness (QED) is 0.738. The summed E-state index contributed by atoms with van der Waals surface area (Å²) < 4.78 is 5.32. The van der Waals surface area contributed by atoms with Crippen molar-refractivity contribution < 1.29 is 14.3 Å². The minimum Gasteiger partial charge on any atom is -0.507 e. The molecule has 5 heteroatoms. The van der Waals surface area contributed by atoms with Crippen LogP contribution in [-0.2, 0) is 4.79 Å². The lowest BCUT2D eigenvalue weighted by Gasteiger charge is -2.17. The van der Waals surface area contributed by atoms with E-state index in [1.54, 1.807) is 48.5 Å². The third-order valence-electron chi connectivity index (χ3n) is 4.10. The first-order valence-corrected chi connectivity index (χ1v) is 7.75. The van der Waals surface area contributed by atoms with Crippen LogP contribution in [0.1, 0.15) is 36.0 Å². The Hall–Kier alpha value is -3.39. The van der Waals surface area contributed by atoms with Crippen LogP contribution >= 0.6 is 0 Å². The molecule has 0 aliphatic heterocycles. The Morgan fingerprint density at radius 3 is 2.52 bits per heavy atom. The number of nitriles is 1. The van der Waals surface area contributed by atoms with Crippen molar-refractivity contribution in [2.45, 2.75) is 19.3 Å². The highest BCUT2D eigenvalue weighted by Crippen LogP contribution is 2.36. The third kappa shape index (κ3) is 3.15. The summed E-state index contributed by atoms with van der Waals surface area (Å²) in [6.07, 6.45) is 0.0442. The molecule has 0 unspecified atom stereocenters. The van der Waals surface area contributed by atoms with E-state index in [2.05, 4.69) is 0 Å². The molecule has 3 aromatic rings. The smallest absolute Gasteiger partial charge is 0.343 e. The minimum atomic E-state index is -0.674. The van der Waals surface area contributed by atoms with Gasteiger partial charge in [0.15, 0.2) is 0 Å². The Morgan fingerprint density at radius 1 is 1.20 bits per heavy atom. The number of hydrogen-bond acceptors (Lipinski definition) is 5. The number of aromatic hydroxyl groups is 1. The van der Waals surface area contributed by atoms with Crippen molar-refractivity contribution in [3.05, 3.63) is 75.6 Å². The van der Waals surface area contributed by atoms with Gasteiger partial charge in [-0.15, -0.1) is 0 Å². The summed E-state index contributed by atoms with van der Waals surface area (Å²) in [7, 11) is 0. The number of para-hydroxylation sites is 1. The molecular weight excluding hydrogens is 318 g/mol. The Bertz CT molecular complexity index is 1040. The van der Waals surface area contributed by atoms with Gasteiger partial charge < -0.3 is 9.52 Å². The molecule has 0 aliphatic rings. The standard InChI is InChI=1S/C20H15NO4/c1-12(22)10-16(14-8-6-13(11-21)7-9-14)18-19(23)15-4-2-3-5-17(15)25-20(18)24/h2-9,16,23H,10H2,1H3/t16-/m0/s1. The van der Waals surface area contributed by atoms with Crippen molar-refractivity contribution in [1.82, 2.24) is 0 Å². The first kappa shape index (κ1) is 16.5. The predicted molar refractivity (Wildman–Crippen MR) is 92.4 cm³/mol. The molecule has 124 valence electrons. The van der Waals surface area contributed by atoms with Gasteiger partial charge in [0, 0.05) is 12.3 Å². The zero-order valence-corrected chi connectivity index (χ0v) is 13.5. The molecule has 0 spiro atoms. The molecule has 0 saturated heterocycles. The second kappa shape index (κ2) is 6.62. The molecule has 5 nitrogen and oxygen atoms in total. The average molecular weight is 333 g/mol. The lowest BCUT2D eigenvalue weighted by molar-refractivity contribution is -0.117. The average Bonchev–Trinajstić information content (AvgIpc) is 2.60. The highest BCUT2D eigenvalue weighted by molar-refractivity contribution is 5.85. The molecule has 2 aromatic carbocycles. The van der Waals surface area contributed by atoms with E-state index in [9.17, 15) is 14.7 Å². The van der Waals surface area contributed by atoms with Gasteiger partial charge in [-0.2, -0.15) is 5.26 Å². The monoisotopic (exact) mass is 333 g/mol. The van der Waals surface area contributed by atoms with Crippen LogP contribution in [0.3, 0.4) is 0 Å². The van der Waals surface area contributed by atoms with E-state index < -0.39 is 11.5 Å². The lowest BCUT2D eigenvalue weighted by Crippen LogP contribution is -2.16. The molecule has 0 saturated carbocycles. The van der Waals surface area contributed by atoms with Gasteiger partial charge in [0.05, 0.1) is 22.6 Å². The first-order valence-electron chi connectivity index (χ1n) is 7.75. The number of benzene rings is 2. The summed E-state index contributed by atoms with van der Waals surface area (Å²) in [4.78, 5) is 24.2. The number of rotatable bonds is 4. The van der Waals surface area contributed by atoms with Crippen molar-refractivity contribution in [3.8, 4) is 11.8 Å². The summed E-state index contributed by atoms with van der Waals surface area (Å²) in [5.41, 5.74) is 0.799. The SMILES string of the molecule is CC(=O)C[C@@H](c1ccc(C#N)cc1)c1c(O)c2ccccc2oc1=O. The fourth-order valence-corrected chi connectivity index (χ4v) is 2.92. The van der Waals surface area contributed by atoms with Crippen LogP contribution in [-0.4, -0.2) is 10.9 Å². The van der Waals surface area contributed by atoms with Gasteiger partial charge in [-0.05, 0) is 36.8 Å². The summed E-state index contributed by atoms with van der Waals surface area (Å²) >= 11 is 0. The molecule has 1 atom stereocenters. The molecule has 0 fully saturated rings.